The highest BCUT2D eigenvalue weighted by Gasteiger charge is 2.10. The molecule has 90 valence electrons. The van der Waals surface area contributed by atoms with E-state index in [2.05, 4.69) is 24.5 Å². The van der Waals surface area contributed by atoms with Gasteiger partial charge in [-0.1, -0.05) is 11.8 Å². The largest absolute Gasteiger partial charge is 0.462 e. The lowest BCUT2D eigenvalue weighted by molar-refractivity contribution is 0.0527. The van der Waals surface area contributed by atoms with Crippen LogP contribution < -0.4 is 5.73 Å². The quantitative estimate of drug-likeness (QED) is 0.373. The number of ether oxygens (including phenoxy) is 1. The first-order valence-electron chi connectivity index (χ1n) is 5.35. The Hall–Kier alpha value is -1.60. The molecule has 3 nitrogen and oxygen atoms in total. The second-order valence-corrected chi connectivity index (χ2v) is 3.75. The van der Waals surface area contributed by atoms with Gasteiger partial charge in [0.25, 0.3) is 0 Å². The van der Waals surface area contributed by atoms with Crippen molar-refractivity contribution in [1.82, 2.24) is 0 Å². The van der Waals surface area contributed by atoms with Crippen molar-refractivity contribution in [1.29, 1.82) is 0 Å². The molecule has 0 fully saturated rings. The number of nitrogen functional groups attached to an aromatic ring is 1. The van der Waals surface area contributed by atoms with Crippen LogP contribution in [0.5, 0.6) is 0 Å². The van der Waals surface area contributed by atoms with Crippen LogP contribution in [0.2, 0.25) is 0 Å². The summed E-state index contributed by atoms with van der Waals surface area (Å²) in [5.74, 6) is 6.20. The Morgan fingerprint density at radius 1 is 1.53 bits per heavy atom. The highest BCUT2D eigenvalue weighted by atomic mass is 32.1. The molecule has 0 atom stereocenters. The normalized spacial score (nSPS) is 9.29. The Bertz CT molecular complexity index is 460. The van der Waals surface area contributed by atoms with Crippen molar-refractivity contribution in [3.63, 3.8) is 0 Å². The van der Waals surface area contributed by atoms with Crippen LogP contribution in [0.25, 0.3) is 0 Å². The molecule has 0 aliphatic heterocycles. The zero-order valence-electron chi connectivity index (χ0n) is 9.69. The summed E-state index contributed by atoms with van der Waals surface area (Å²) in [5.41, 5.74) is 7.24. The summed E-state index contributed by atoms with van der Waals surface area (Å²) in [6, 6.07) is 5.10. The minimum Gasteiger partial charge on any atom is -0.462 e. The highest BCUT2D eigenvalue weighted by Crippen LogP contribution is 2.15. The molecule has 0 bridgehead atoms. The summed E-state index contributed by atoms with van der Waals surface area (Å²) in [6.45, 7) is 2.08. The number of nitrogens with two attached hydrogens (primary N) is 1. The second kappa shape index (κ2) is 6.87. The van der Waals surface area contributed by atoms with E-state index >= 15 is 0 Å². The molecule has 0 aromatic heterocycles. The molecule has 0 amide bonds. The summed E-state index contributed by atoms with van der Waals surface area (Å²) >= 11 is 4.07. The van der Waals surface area contributed by atoms with Crippen molar-refractivity contribution in [3.05, 3.63) is 29.3 Å². The third-order valence-electron chi connectivity index (χ3n) is 2.02. The molecule has 0 saturated heterocycles. The minimum atomic E-state index is -0.414. The standard InChI is InChI=1S/C13H15NO2S/c1-2-16-13(15)11-9-10(5-3-4-8-17)6-7-12(11)14/h6-7,9,17H,2,4,8,14H2,1H3. The van der Waals surface area contributed by atoms with Gasteiger partial charge < -0.3 is 10.5 Å². The summed E-state index contributed by atoms with van der Waals surface area (Å²) < 4.78 is 4.91. The van der Waals surface area contributed by atoms with E-state index < -0.39 is 5.97 Å². The lowest BCUT2D eigenvalue weighted by atomic mass is 10.1. The predicted octanol–water partition coefficient (Wildman–Crippen LogP) is 2.12. The number of carbonyl (C=O) groups is 1. The maximum Gasteiger partial charge on any atom is 0.340 e. The van der Waals surface area contributed by atoms with Gasteiger partial charge in [-0.3, -0.25) is 0 Å². The van der Waals surface area contributed by atoms with E-state index in [1.54, 1.807) is 25.1 Å². The van der Waals surface area contributed by atoms with Crippen molar-refractivity contribution in [2.24, 2.45) is 0 Å². The average molecular weight is 249 g/mol. The Labute approximate surface area is 107 Å². The molecule has 0 spiro atoms. The van der Waals surface area contributed by atoms with Crippen molar-refractivity contribution in [3.8, 4) is 11.8 Å². The van der Waals surface area contributed by atoms with Crippen LogP contribution >= 0.6 is 12.6 Å². The molecule has 0 saturated carbocycles. The van der Waals surface area contributed by atoms with Crippen LogP contribution in [0, 0.1) is 11.8 Å². The zero-order chi connectivity index (χ0) is 12.7. The van der Waals surface area contributed by atoms with Crippen molar-refractivity contribution < 1.29 is 9.53 Å². The van der Waals surface area contributed by atoms with Crippen LogP contribution in [0.4, 0.5) is 5.69 Å². The van der Waals surface area contributed by atoms with Gasteiger partial charge in [0.2, 0.25) is 0 Å². The Kier molecular flexibility index (Phi) is 5.44. The van der Waals surface area contributed by atoms with Crippen molar-refractivity contribution >= 4 is 24.3 Å². The molecule has 0 aliphatic rings. The number of hydrogen-bond acceptors (Lipinski definition) is 4. The summed E-state index contributed by atoms with van der Waals surface area (Å²) in [7, 11) is 0. The molecule has 2 N–H and O–H groups in total. The van der Waals surface area contributed by atoms with Gasteiger partial charge in [-0.25, -0.2) is 4.79 Å². The smallest absolute Gasteiger partial charge is 0.340 e. The van der Waals surface area contributed by atoms with Crippen LogP contribution in [0.1, 0.15) is 29.3 Å². The summed E-state index contributed by atoms with van der Waals surface area (Å²) in [5, 5.41) is 0. The van der Waals surface area contributed by atoms with Crippen LogP contribution in [-0.4, -0.2) is 18.3 Å². The van der Waals surface area contributed by atoms with E-state index in [9.17, 15) is 4.79 Å². The van der Waals surface area contributed by atoms with Gasteiger partial charge in [-0.15, -0.1) is 0 Å². The number of anilines is 1. The van der Waals surface area contributed by atoms with Gasteiger partial charge in [0.05, 0.1) is 12.2 Å². The number of benzene rings is 1. The van der Waals surface area contributed by atoms with Crippen LogP contribution in [0.15, 0.2) is 18.2 Å². The van der Waals surface area contributed by atoms with Gasteiger partial charge in [0, 0.05) is 23.4 Å². The third kappa shape index (κ3) is 4.04. The van der Waals surface area contributed by atoms with Crippen LogP contribution in [0.3, 0.4) is 0 Å². The van der Waals surface area contributed by atoms with Gasteiger partial charge >= 0.3 is 5.97 Å². The Morgan fingerprint density at radius 2 is 2.29 bits per heavy atom. The van der Waals surface area contributed by atoms with Gasteiger partial charge in [0.15, 0.2) is 0 Å². The molecule has 1 rings (SSSR count). The molecule has 0 unspecified atom stereocenters. The predicted molar refractivity (Wildman–Crippen MR) is 72.2 cm³/mol. The topological polar surface area (TPSA) is 52.3 Å². The monoisotopic (exact) mass is 249 g/mol. The maximum absolute atomic E-state index is 11.6. The SMILES string of the molecule is CCOC(=O)c1cc(C#CCCS)ccc1N. The van der Waals surface area contributed by atoms with E-state index in [4.69, 9.17) is 10.5 Å². The fourth-order valence-electron chi connectivity index (χ4n) is 1.24. The van der Waals surface area contributed by atoms with E-state index in [1.807, 2.05) is 0 Å². The highest BCUT2D eigenvalue weighted by molar-refractivity contribution is 7.80. The van der Waals surface area contributed by atoms with Crippen molar-refractivity contribution in [2.75, 3.05) is 18.1 Å². The molecular formula is C13H15NO2S. The van der Waals surface area contributed by atoms with Gasteiger partial charge in [-0.2, -0.15) is 12.6 Å². The Morgan fingerprint density at radius 3 is 2.94 bits per heavy atom. The van der Waals surface area contributed by atoms with E-state index in [-0.39, 0.29) is 0 Å². The lowest BCUT2D eigenvalue weighted by Gasteiger charge is -2.05. The average Bonchev–Trinajstić information content (AvgIpc) is 2.32. The molecule has 4 heteroatoms. The second-order valence-electron chi connectivity index (χ2n) is 3.30. The molecule has 0 heterocycles. The first-order chi connectivity index (χ1) is 8.19. The van der Waals surface area contributed by atoms with E-state index in [1.165, 1.54) is 0 Å². The molecule has 1 aromatic carbocycles. The number of thiol groups is 1. The summed E-state index contributed by atoms with van der Waals surface area (Å²) in [4.78, 5) is 11.6. The number of carbonyl (C=O) groups excluding carboxylic acids is 1. The first kappa shape index (κ1) is 13.5. The maximum atomic E-state index is 11.6. The molecule has 1 aromatic rings. The van der Waals surface area contributed by atoms with Gasteiger partial charge in [0.1, 0.15) is 0 Å². The minimum absolute atomic E-state index is 0.327. The number of hydrogen-bond donors (Lipinski definition) is 2. The molecule has 0 aliphatic carbocycles. The lowest BCUT2D eigenvalue weighted by Crippen LogP contribution is -2.08. The summed E-state index contributed by atoms with van der Waals surface area (Å²) in [6.07, 6.45) is 0.711. The zero-order valence-corrected chi connectivity index (χ0v) is 10.6. The van der Waals surface area contributed by atoms with Gasteiger partial charge in [-0.05, 0) is 25.1 Å². The molecule has 17 heavy (non-hydrogen) atoms. The first-order valence-corrected chi connectivity index (χ1v) is 5.98. The number of rotatable bonds is 3. The van der Waals surface area contributed by atoms with Crippen LogP contribution in [-0.2, 0) is 4.74 Å². The van der Waals surface area contributed by atoms with E-state index in [0.29, 0.717) is 30.0 Å². The fraction of sp³-hybridized carbons (Fsp3) is 0.308. The Balaban J connectivity index is 2.95. The third-order valence-corrected chi connectivity index (χ3v) is 2.24. The molecule has 0 radical (unpaired) electrons. The van der Waals surface area contributed by atoms with E-state index in [0.717, 1.165) is 5.56 Å². The number of esters is 1. The van der Waals surface area contributed by atoms with Crippen molar-refractivity contribution in [2.45, 2.75) is 13.3 Å². The fourth-order valence-corrected chi connectivity index (χ4v) is 1.35. The molecular weight excluding hydrogens is 234 g/mol.